The monoisotopic (exact) mass is 724 g/mol. The molecule has 0 aromatic heterocycles. The standard InChI is InChI=1S/C21H22N2O6.C21H26O3/c1-21(2,3)29-20(28)15-6-4-14(5-7-15)19(27)23-16-10-8-13(9-11-16)18(26)22-12-17(24)25;1-3-4-5-6-7-16-23-19-14-10-18(11-15-19)21(22)24-20-12-8-17(2)9-13-20/h4-11H,12H2,1-3H3,(H,22,26)(H,23,27)(H,24,25);8-15H,3-7,16H2,1-2H3. The highest BCUT2D eigenvalue weighted by molar-refractivity contribution is 6.05. The van der Waals surface area contributed by atoms with Crippen molar-refractivity contribution in [3.63, 3.8) is 0 Å². The normalized spacial score (nSPS) is 10.6. The lowest BCUT2D eigenvalue weighted by Crippen LogP contribution is -2.29. The average Bonchev–Trinajstić information content (AvgIpc) is 3.13. The van der Waals surface area contributed by atoms with Gasteiger partial charge < -0.3 is 30.0 Å². The van der Waals surface area contributed by atoms with E-state index < -0.39 is 30.0 Å². The third-order valence-corrected chi connectivity index (χ3v) is 7.42. The number of nitrogens with one attached hydrogen (secondary N) is 2. The van der Waals surface area contributed by atoms with E-state index in [1.165, 1.54) is 74.2 Å². The van der Waals surface area contributed by atoms with Gasteiger partial charge in [0, 0.05) is 16.8 Å². The molecule has 0 saturated heterocycles. The van der Waals surface area contributed by atoms with E-state index in [4.69, 9.17) is 19.3 Å². The van der Waals surface area contributed by atoms with Crippen LogP contribution in [0.1, 0.15) is 107 Å². The summed E-state index contributed by atoms with van der Waals surface area (Å²) < 4.78 is 16.3. The zero-order chi connectivity index (χ0) is 38.8. The highest BCUT2D eigenvalue weighted by Gasteiger charge is 2.18. The molecule has 4 aromatic carbocycles. The molecular weight excluding hydrogens is 676 g/mol. The molecule has 0 unspecified atom stereocenters. The smallest absolute Gasteiger partial charge is 0.343 e. The Morgan fingerprint density at radius 3 is 1.72 bits per heavy atom. The largest absolute Gasteiger partial charge is 0.494 e. The van der Waals surface area contributed by atoms with Crippen molar-refractivity contribution in [1.82, 2.24) is 5.32 Å². The van der Waals surface area contributed by atoms with Gasteiger partial charge in [0.05, 0.1) is 17.7 Å². The van der Waals surface area contributed by atoms with Crippen LogP contribution in [-0.4, -0.2) is 53.6 Å². The first-order valence-electron chi connectivity index (χ1n) is 17.5. The Bertz CT molecular complexity index is 1790. The number of aryl methyl sites for hydroxylation is 1. The Morgan fingerprint density at radius 1 is 0.623 bits per heavy atom. The van der Waals surface area contributed by atoms with Crippen LogP contribution in [0.3, 0.4) is 0 Å². The second kappa shape index (κ2) is 20.8. The van der Waals surface area contributed by atoms with Gasteiger partial charge in [-0.25, -0.2) is 9.59 Å². The van der Waals surface area contributed by atoms with Crippen molar-refractivity contribution in [2.24, 2.45) is 0 Å². The van der Waals surface area contributed by atoms with E-state index in [0.717, 1.165) is 24.3 Å². The number of carbonyl (C=O) groups is 5. The Balaban J connectivity index is 0.000000290. The minimum Gasteiger partial charge on any atom is -0.494 e. The van der Waals surface area contributed by atoms with Crippen molar-refractivity contribution in [1.29, 1.82) is 0 Å². The number of aliphatic carboxylic acids is 1. The minimum absolute atomic E-state index is 0.269. The number of esters is 2. The number of unbranched alkanes of at least 4 members (excludes halogenated alkanes) is 4. The maximum absolute atomic E-state index is 12.3. The lowest BCUT2D eigenvalue weighted by molar-refractivity contribution is -0.135. The molecule has 0 heterocycles. The molecule has 0 aliphatic rings. The van der Waals surface area contributed by atoms with E-state index in [2.05, 4.69) is 17.6 Å². The lowest BCUT2D eigenvalue weighted by Gasteiger charge is -2.19. The van der Waals surface area contributed by atoms with E-state index in [9.17, 15) is 24.0 Å². The second-order valence-electron chi connectivity index (χ2n) is 13.2. The molecule has 2 amide bonds. The van der Waals surface area contributed by atoms with Crippen molar-refractivity contribution in [3.05, 3.63) is 125 Å². The number of rotatable bonds is 15. The first-order valence-corrected chi connectivity index (χ1v) is 17.5. The molecule has 3 N–H and O–H groups in total. The van der Waals surface area contributed by atoms with Gasteiger partial charge in [0.15, 0.2) is 0 Å². The zero-order valence-corrected chi connectivity index (χ0v) is 30.9. The third kappa shape index (κ3) is 15.4. The van der Waals surface area contributed by atoms with Crippen molar-refractivity contribution < 1.29 is 43.3 Å². The van der Waals surface area contributed by atoms with Gasteiger partial charge in [-0.15, -0.1) is 0 Å². The summed E-state index contributed by atoms with van der Waals surface area (Å²) in [4.78, 5) is 58.7. The van der Waals surface area contributed by atoms with Crippen LogP contribution >= 0.6 is 0 Å². The van der Waals surface area contributed by atoms with Gasteiger partial charge >= 0.3 is 17.9 Å². The molecular formula is C42H48N2O9. The fraction of sp³-hybridized carbons (Fsp3) is 0.310. The quantitative estimate of drug-likeness (QED) is 0.0624. The molecule has 53 heavy (non-hydrogen) atoms. The van der Waals surface area contributed by atoms with E-state index in [-0.39, 0.29) is 17.4 Å². The Morgan fingerprint density at radius 2 is 1.13 bits per heavy atom. The fourth-order valence-electron chi connectivity index (χ4n) is 4.62. The third-order valence-electron chi connectivity index (χ3n) is 7.42. The topological polar surface area (TPSA) is 157 Å². The summed E-state index contributed by atoms with van der Waals surface area (Å²) in [6, 6.07) is 26.6. The Kier molecular flexibility index (Phi) is 16.2. The van der Waals surface area contributed by atoms with Crippen LogP contribution in [0.2, 0.25) is 0 Å². The molecule has 11 nitrogen and oxygen atoms in total. The summed E-state index contributed by atoms with van der Waals surface area (Å²) in [5.41, 5.74) is 2.46. The fourth-order valence-corrected chi connectivity index (χ4v) is 4.62. The molecule has 0 radical (unpaired) electrons. The predicted molar refractivity (Wildman–Crippen MR) is 203 cm³/mol. The predicted octanol–water partition coefficient (Wildman–Crippen LogP) is 8.27. The zero-order valence-electron chi connectivity index (χ0n) is 30.9. The van der Waals surface area contributed by atoms with Gasteiger partial charge in [0.25, 0.3) is 11.8 Å². The van der Waals surface area contributed by atoms with E-state index in [1.807, 2.05) is 31.2 Å². The first-order chi connectivity index (χ1) is 25.2. The van der Waals surface area contributed by atoms with Crippen LogP contribution in [0.5, 0.6) is 11.5 Å². The Hall–Kier alpha value is -5.97. The van der Waals surface area contributed by atoms with Gasteiger partial charge in [0.1, 0.15) is 23.6 Å². The maximum atomic E-state index is 12.3. The van der Waals surface area contributed by atoms with Gasteiger partial charge in [-0.1, -0.05) is 50.3 Å². The molecule has 0 aliphatic heterocycles. The van der Waals surface area contributed by atoms with Gasteiger partial charge in [-0.05, 0) is 119 Å². The van der Waals surface area contributed by atoms with Gasteiger partial charge in [0.2, 0.25) is 0 Å². The van der Waals surface area contributed by atoms with E-state index in [0.29, 0.717) is 28.1 Å². The van der Waals surface area contributed by atoms with Crippen molar-refractivity contribution in [3.8, 4) is 11.5 Å². The molecule has 0 atom stereocenters. The molecule has 0 saturated carbocycles. The average molecular weight is 725 g/mol. The lowest BCUT2D eigenvalue weighted by atomic mass is 10.1. The van der Waals surface area contributed by atoms with Crippen LogP contribution in [0.15, 0.2) is 97.1 Å². The molecule has 0 spiro atoms. The molecule has 0 aliphatic carbocycles. The molecule has 4 rings (SSSR count). The molecule has 4 aromatic rings. The molecule has 0 bridgehead atoms. The molecule has 280 valence electrons. The number of ether oxygens (including phenoxy) is 3. The number of amides is 2. The van der Waals surface area contributed by atoms with E-state index >= 15 is 0 Å². The van der Waals surface area contributed by atoms with Crippen LogP contribution < -0.4 is 20.1 Å². The highest BCUT2D eigenvalue weighted by Crippen LogP contribution is 2.18. The van der Waals surface area contributed by atoms with Crippen molar-refractivity contribution in [2.45, 2.75) is 72.3 Å². The first kappa shape index (κ1) is 41.5. The van der Waals surface area contributed by atoms with E-state index in [1.54, 1.807) is 45.0 Å². The summed E-state index contributed by atoms with van der Waals surface area (Å²) in [5.74, 6) is -1.53. The van der Waals surface area contributed by atoms with Crippen molar-refractivity contribution >= 4 is 35.4 Å². The van der Waals surface area contributed by atoms with Crippen molar-refractivity contribution in [2.75, 3.05) is 18.5 Å². The van der Waals surface area contributed by atoms with Crippen LogP contribution in [0.4, 0.5) is 5.69 Å². The number of hydrogen-bond acceptors (Lipinski definition) is 8. The number of carbonyl (C=O) groups excluding carboxylic acids is 4. The number of benzene rings is 4. The SMILES string of the molecule is CC(C)(C)OC(=O)c1ccc(C(=O)Nc2ccc(C(=O)NCC(=O)O)cc2)cc1.CCCCCCCOc1ccc(C(=O)Oc2ccc(C)cc2)cc1. The molecule has 11 heteroatoms. The molecule has 0 fully saturated rings. The maximum Gasteiger partial charge on any atom is 0.343 e. The van der Waals surface area contributed by atoms with Gasteiger partial charge in [-0.3, -0.25) is 14.4 Å². The summed E-state index contributed by atoms with van der Waals surface area (Å²) in [6.45, 7) is 9.76. The number of carboxylic acid groups (broad SMARTS) is 1. The number of carboxylic acids is 1. The second-order valence-corrected chi connectivity index (χ2v) is 13.2. The summed E-state index contributed by atoms with van der Waals surface area (Å²) in [7, 11) is 0. The minimum atomic E-state index is -1.14. The van der Waals surface area contributed by atoms with Crippen LogP contribution in [-0.2, 0) is 9.53 Å². The van der Waals surface area contributed by atoms with Crippen LogP contribution in [0, 0.1) is 6.92 Å². The Labute approximate surface area is 310 Å². The van der Waals surface area contributed by atoms with Gasteiger partial charge in [-0.2, -0.15) is 0 Å². The summed E-state index contributed by atoms with van der Waals surface area (Å²) in [6.07, 6.45) is 6.08. The number of hydrogen-bond donors (Lipinski definition) is 3. The number of anilines is 1. The summed E-state index contributed by atoms with van der Waals surface area (Å²) >= 11 is 0. The summed E-state index contributed by atoms with van der Waals surface area (Å²) in [5, 5.41) is 13.5. The highest BCUT2D eigenvalue weighted by atomic mass is 16.6. The van der Waals surface area contributed by atoms with Crippen LogP contribution in [0.25, 0.3) is 0 Å².